The number of hydrogen-bond acceptors (Lipinski definition) is 4. The summed E-state index contributed by atoms with van der Waals surface area (Å²) >= 11 is 0. The highest BCUT2D eigenvalue weighted by molar-refractivity contribution is 7.95. The molecule has 1 aliphatic heterocycles. The van der Waals surface area contributed by atoms with Crippen molar-refractivity contribution in [2.24, 2.45) is 0 Å². The zero-order valence-corrected chi connectivity index (χ0v) is 17.7. The number of carbonyl (C=O) groups excluding carboxylic acids is 1. The molecule has 7 heteroatoms. The van der Waals surface area contributed by atoms with E-state index in [1.54, 1.807) is 36.4 Å². The van der Waals surface area contributed by atoms with E-state index in [1.807, 2.05) is 13.8 Å². The summed E-state index contributed by atoms with van der Waals surface area (Å²) < 4.78 is 40.6. The van der Waals surface area contributed by atoms with Gasteiger partial charge in [0.2, 0.25) is 9.84 Å². The number of aliphatic hydroxyl groups is 1. The Labute approximate surface area is 180 Å². The van der Waals surface area contributed by atoms with Crippen LogP contribution in [0.1, 0.15) is 22.7 Å². The molecule has 0 unspecified atom stereocenters. The van der Waals surface area contributed by atoms with Gasteiger partial charge in [0.25, 0.3) is 5.91 Å². The third-order valence-corrected chi connectivity index (χ3v) is 7.17. The lowest BCUT2D eigenvalue weighted by atomic mass is 10.1. The smallest absolute Gasteiger partial charge is 0.295 e. The van der Waals surface area contributed by atoms with Crippen molar-refractivity contribution in [1.29, 1.82) is 0 Å². The maximum absolute atomic E-state index is 13.6. The third-order valence-electron chi connectivity index (χ3n) is 5.28. The summed E-state index contributed by atoms with van der Waals surface area (Å²) in [6, 6.07) is 17.2. The van der Waals surface area contributed by atoms with Gasteiger partial charge in [-0.15, -0.1) is 0 Å². The van der Waals surface area contributed by atoms with Gasteiger partial charge in [-0.25, -0.2) is 12.8 Å². The first-order valence-electron chi connectivity index (χ1n) is 9.61. The second-order valence-electron chi connectivity index (χ2n) is 7.49. The molecule has 0 saturated carbocycles. The van der Waals surface area contributed by atoms with Gasteiger partial charge in [-0.2, -0.15) is 0 Å². The van der Waals surface area contributed by atoms with Crippen LogP contribution in [-0.2, 0) is 14.6 Å². The van der Waals surface area contributed by atoms with E-state index in [0.717, 1.165) is 11.1 Å². The minimum atomic E-state index is -4.22. The minimum Gasteiger partial charge on any atom is -0.502 e. The molecule has 3 aromatic rings. The molecule has 0 spiro atoms. The largest absolute Gasteiger partial charge is 0.502 e. The lowest BCUT2D eigenvalue weighted by Gasteiger charge is -2.27. The van der Waals surface area contributed by atoms with Gasteiger partial charge >= 0.3 is 0 Å². The van der Waals surface area contributed by atoms with Crippen LogP contribution in [0, 0.1) is 19.7 Å². The number of hydrogen-bond donors (Lipinski definition) is 1. The summed E-state index contributed by atoms with van der Waals surface area (Å²) in [5, 5.41) is 10.7. The van der Waals surface area contributed by atoms with Crippen molar-refractivity contribution in [1.82, 2.24) is 0 Å². The molecule has 1 heterocycles. The number of nitrogens with zero attached hydrogens (tertiary/aromatic N) is 1. The molecule has 1 amide bonds. The third kappa shape index (κ3) is 3.61. The standard InChI is InChI=1S/C24H20FNO4S/c1-15-3-11-19(12-4-15)26-21(17-7-9-18(25)10-8-17)23(22(27)24(26)28)31(29,30)20-13-5-16(2)6-14-20/h3-14,21,27H,1-2H3/t21-/m1/s1. The predicted molar refractivity (Wildman–Crippen MR) is 116 cm³/mol. The number of carbonyl (C=O) groups is 1. The van der Waals surface area contributed by atoms with E-state index in [0.29, 0.717) is 11.3 Å². The van der Waals surface area contributed by atoms with Crippen molar-refractivity contribution in [3.05, 3.63) is 106 Å². The van der Waals surface area contributed by atoms with Gasteiger partial charge in [0.1, 0.15) is 16.8 Å². The van der Waals surface area contributed by atoms with Crippen molar-refractivity contribution >= 4 is 21.4 Å². The first-order chi connectivity index (χ1) is 14.7. The molecule has 1 N–H and O–H groups in total. The number of benzene rings is 3. The molecule has 0 bridgehead atoms. The van der Waals surface area contributed by atoms with Crippen molar-refractivity contribution in [3.8, 4) is 0 Å². The lowest BCUT2D eigenvalue weighted by Crippen LogP contribution is -2.31. The fraction of sp³-hybridized carbons (Fsp3) is 0.125. The molecular weight excluding hydrogens is 417 g/mol. The molecule has 4 rings (SSSR count). The molecule has 5 nitrogen and oxygen atoms in total. The number of sulfone groups is 1. The molecule has 0 aliphatic carbocycles. The van der Waals surface area contributed by atoms with Crippen molar-refractivity contribution in [2.45, 2.75) is 24.8 Å². The normalized spacial score (nSPS) is 16.8. The topological polar surface area (TPSA) is 74.7 Å². The van der Waals surface area contributed by atoms with E-state index >= 15 is 0 Å². The Balaban J connectivity index is 1.93. The average molecular weight is 437 g/mol. The van der Waals surface area contributed by atoms with Gasteiger partial charge in [-0.3, -0.25) is 9.69 Å². The number of aliphatic hydroxyl groups excluding tert-OH is 1. The summed E-state index contributed by atoms with van der Waals surface area (Å²) in [5.74, 6) is -2.16. The quantitative estimate of drug-likeness (QED) is 0.638. The number of aryl methyl sites for hydroxylation is 2. The first-order valence-corrected chi connectivity index (χ1v) is 11.1. The second kappa shape index (κ2) is 7.67. The highest BCUT2D eigenvalue weighted by Crippen LogP contribution is 2.44. The number of rotatable bonds is 4. The van der Waals surface area contributed by atoms with Crippen LogP contribution in [0.2, 0.25) is 0 Å². The van der Waals surface area contributed by atoms with Crippen LogP contribution < -0.4 is 4.90 Å². The van der Waals surface area contributed by atoms with E-state index in [2.05, 4.69) is 0 Å². The van der Waals surface area contributed by atoms with Crippen LogP contribution in [0.25, 0.3) is 0 Å². The van der Waals surface area contributed by atoms with E-state index in [4.69, 9.17) is 0 Å². The van der Waals surface area contributed by atoms with E-state index < -0.39 is 38.3 Å². The van der Waals surface area contributed by atoms with Crippen LogP contribution in [0.15, 0.2) is 88.4 Å². The van der Waals surface area contributed by atoms with E-state index in [9.17, 15) is 22.7 Å². The SMILES string of the molecule is Cc1ccc(N2C(=O)C(O)=C(S(=O)(=O)c3ccc(C)cc3)[C@H]2c2ccc(F)cc2)cc1. The van der Waals surface area contributed by atoms with Crippen molar-refractivity contribution in [3.63, 3.8) is 0 Å². The number of amides is 1. The van der Waals surface area contributed by atoms with Gasteiger partial charge in [0.05, 0.1) is 4.90 Å². The summed E-state index contributed by atoms with van der Waals surface area (Å²) in [6.07, 6.45) is 0. The van der Waals surface area contributed by atoms with Crippen LogP contribution in [-0.4, -0.2) is 19.4 Å². The second-order valence-corrected chi connectivity index (χ2v) is 9.41. The maximum Gasteiger partial charge on any atom is 0.295 e. The molecule has 0 radical (unpaired) electrons. The zero-order valence-electron chi connectivity index (χ0n) is 16.9. The fourth-order valence-electron chi connectivity index (χ4n) is 3.62. The van der Waals surface area contributed by atoms with E-state index in [1.165, 1.54) is 41.3 Å². The highest BCUT2D eigenvalue weighted by atomic mass is 32.2. The van der Waals surface area contributed by atoms with Crippen molar-refractivity contribution < 1.29 is 22.7 Å². The Hall–Kier alpha value is -3.45. The predicted octanol–water partition coefficient (Wildman–Crippen LogP) is 4.77. The molecule has 31 heavy (non-hydrogen) atoms. The highest BCUT2D eigenvalue weighted by Gasteiger charge is 2.47. The van der Waals surface area contributed by atoms with Gasteiger partial charge in [-0.05, 0) is 55.8 Å². The van der Waals surface area contributed by atoms with Crippen LogP contribution in [0.4, 0.5) is 10.1 Å². The average Bonchev–Trinajstić information content (AvgIpc) is 3.01. The summed E-state index contributed by atoms with van der Waals surface area (Å²) in [6.45, 7) is 3.71. The Morgan fingerprint density at radius 1 is 0.839 bits per heavy atom. The minimum absolute atomic E-state index is 0.0367. The van der Waals surface area contributed by atoms with Gasteiger partial charge in [0.15, 0.2) is 5.76 Å². The van der Waals surface area contributed by atoms with Crippen molar-refractivity contribution in [2.75, 3.05) is 4.90 Å². The monoisotopic (exact) mass is 437 g/mol. The zero-order chi connectivity index (χ0) is 22.3. The Bertz CT molecular complexity index is 1280. The molecule has 158 valence electrons. The molecule has 0 saturated heterocycles. The number of halogens is 1. The molecule has 0 fully saturated rings. The van der Waals surface area contributed by atoms with Gasteiger partial charge in [-0.1, -0.05) is 47.5 Å². The first kappa shape index (κ1) is 20.8. The summed E-state index contributed by atoms with van der Waals surface area (Å²) in [4.78, 5) is 13.8. The van der Waals surface area contributed by atoms with Crippen LogP contribution in [0.3, 0.4) is 0 Å². The molecular formula is C24H20FNO4S. The summed E-state index contributed by atoms with van der Waals surface area (Å²) in [7, 11) is -4.22. The summed E-state index contributed by atoms with van der Waals surface area (Å²) in [5.41, 5.74) is 2.62. The molecule has 3 aromatic carbocycles. The van der Waals surface area contributed by atoms with Gasteiger partial charge < -0.3 is 5.11 Å². The van der Waals surface area contributed by atoms with Gasteiger partial charge in [0, 0.05) is 5.69 Å². The molecule has 1 aliphatic rings. The van der Waals surface area contributed by atoms with E-state index in [-0.39, 0.29) is 4.90 Å². The van der Waals surface area contributed by atoms with Crippen LogP contribution in [0.5, 0.6) is 0 Å². The Kier molecular flexibility index (Phi) is 5.15. The van der Waals surface area contributed by atoms with Crippen LogP contribution >= 0.6 is 0 Å². The lowest BCUT2D eigenvalue weighted by molar-refractivity contribution is -0.117. The fourth-order valence-corrected chi connectivity index (χ4v) is 5.24. The molecule has 0 aromatic heterocycles. The Morgan fingerprint density at radius 3 is 1.90 bits per heavy atom. The maximum atomic E-state index is 13.6. The number of anilines is 1. The molecule has 1 atom stereocenters. The Morgan fingerprint density at radius 2 is 1.35 bits per heavy atom.